The van der Waals surface area contributed by atoms with Gasteiger partial charge in [0.15, 0.2) is 0 Å². The number of carbonyl (C=O) groups is 1. The van der Waals surface area contributed by atoms with E-state index in [1.807, 2.05) is 9.34 Å². The average Bonchev–Trinajstić information content (AvgIpc) is 3.65. The number of hydrogen-bond donors (Lipinski definition) is 0. The summed E-state index contributed by atoms with van der Waals surface area (Å²) in [6.45, 7) is 4.70. The maximum atomic E-state index is 13.3. The summed E-state index contributed by atoms with van der Waals surface area (Å²) in [5, 5.41) is 11.6. The number of amides is 1. The first kappa shape index (κ1) is 25.2. The Kier molecular flexibility index (Phi) is 7.50. The summed E-state index contributed by atoms with van der Waals surface area (Å²) in [6.07, 6.45) is -0.563. The Morgan fingerprint density at radius 3 is 2.30 bits per heavy atom. The lowest BCUT2D eigenvalue weighted by Gasteiger charge is -2.24. The number of carbonyl (C=O) groups excluding carboxylic acids is 1. The second-order valence-electron chi connectivity index (χ2n) is 7.96. The van der Waals surface area contributed by atoms with Crippen molar-refractivity contribution in [3.63, 3.8) is 0 Å². The fraction of sp³-hybridized carbons (Fsp3) is 0.381. The van der Waals surface area contributed by atoms with E-state index in [1.165, 1.54) is 23.1 Å². The van der Waals surface area contributed by atoms with Crippen LogP contribution in [0.25, 0.3) is 0 Å². The molecule has 33 heavy (non-hydrogen) atoms. The van der Waals surface area contributed by atoms with E-state index < -0.39 is 18.7 Å². The van der Waals surface area contributed by atoms with Crippen LogP contribution in [0.5, 0.6) is 11.5 Å². The highest BCUT2D eigenvalue weighted by atomic mass is 32.1. The van der Waals surface area contributed by atoms with Crippen molar-refractivity contribution in [2.24, 2.45) is 0 Å². The van der Waals surface area contributed by atoms with Gasteiger partial charge in [-0.15, -0.1) is 0 Å². The number of nitrogens with zero attached hydrogens (tertiary/aromatic N) is 4. The minimum absolute atomic E-state index is 0. The topological polar surface area (TPSA) is 105 Å². The van der Waals surface area contributed by atoms with Crippen molar-refractivity contribution in [2.75, 3.05) is 40.3 Å². The Morgan fingerprint density at radius 1 is 1.12 bits per heavy atom. The highest BCUT2D eigenvalue weighted by molar-refractivity contribution is 7.59. The molecule has 0 bridgehead atoms. The van der Waals surface area contributed by atoms with Gasteiger partial charge < -0.3 is 9.64 Å². The van der Waals surface area contributed by atoms with Crippen molar-refractivity contribution in [1.29, 1.82) is 0 Å². The van der Waals surface area contributed by atoms with Crippen LogP contribution in [-0.2, 0) is 9.09 Å². The minimum atomic E-state index is -3.05. The summed E-state index contributed by atoms with van der Waals surface area (Å²) in [6, 6.07) is 10.9. The van der Waals surface area contributed by atoms with Crippen molar-refractivity contribution in [3.05, 3.63) is 63.7 Å². The number of benzene rings is 2. The zero-order valence-corrected chi connectivity index (χ0v) is 20.5. The third-order valence-corrected chi connectivity index (χ3v) is 8.04. The van der Waals surface area contributed by atoms with Gasteiger partial charge in [0.05, 0.1) is 11.0 Å². The van der Waals surface area contributed by atoms with E-state index in [4.69, 9.17) is 9.26 Å². The van der Waals surface area contributed by atoms with Crippen molar-refractivity contribution in [1.82, 2.24) is 14.2 Å². The van der Waals surface area contributed by atoms with Gasteiger partial charge in [-0.25, -0.2) is 9.34 Å². The van der Waals surface area contributed by atoms with Crippen LogP contribution in [0.15, 0.2) is 42.5 Å². The van der Waals surface area contributed by atoms with Gasteiger partial charge in [-0.1, -0.05) is 6.07 Å². The van der Waals surface area contributed by atoms with Crippen LogP contribution >= 0.6 is 21.2 Å². The molecule has 12 heteroatoms. The molecule has 0 radical (unpaired) electrons. The van der Waals surface area contributed by atoms with E-state index in [2.05, 4.69) is 0 Å². The molecule has 0 spiro atoms. The molecule has 4 rings (SSSR count). The van der Waals surface area contributed by atoms with E-state index in [-0.39, 0.29) is 30.8 Å². The molecule has 0 unspecified atom stereocenters. The zero-order chi connectivity index (χ0) is 23.0. The third-order valence-electron chi connectivity index (χ3n) is 5.22. The largest absolute Gasteiger partial charge is 0.450 e. The quantitative estimate of drug-likeness (QED) is 0.223. The SMILES string of the molecule is C[C@H](OP(=O)(N1CC1)N1CC1)c1ccc([N+](=O)[O-])c(Oc2cccc(C(=O)N(C)C)c2)c1.S. The summed E-state index contributed by atoms with van der Waals surface area (Å²) in [5.41, 5.74) is 0.793. The summed E-state index contributed by atoms with van der Waals surface area (Å²) in [7, 11) is 0.227. The molecule has 2 aliphatic rings. The summed E-state index contributed by atoms with van der Waals surface area (Å²) < 4.78 is 28.7. The normalized spacial score (nSPS) is 16.5. The van der Waals surface area contributed by atoms with Crippen molar-refractivity contribution in [3.8, 4) is 11.5 Å². The van der Waals surface area contributed by atoms with Gasteiger partial charge in [0.25, 0.3) is 5.91 Å². The van der Waals surface area contributed by atoms with Crippen molar-refractivity contribution >= 4 is 32.8 Å². The molecular formula is C21H27N4O6PS. The lowest BCUT2D eigenvalue weighted by Crippen LogP contribution is -2.21. The molecule has 2 saturated heterocycles. The minimum Gasteiger partial charge on any atom is -0.450 e. The van der Waals surface area contributed by atoms with Crippen LogP contribution in [0.4, 0.5) is 5.69 Å². The fourth-order valence-electron chi connectivity index (χ4n) is 3.27. The highest BCUT2D eigenvalue weighted by Crippen LogP contribution is 2.63. The predicted molar refractivity (Wildman–Crippen MR) is 128 cm³/mol. The molecule has 178 valence electrons. The van der Waals surface area contributed by atoms with Crippen molar-refractivity contribution in [2.45, 2.75) is 13.0 Å². The van der Waals surface area contributed by atoms with E-state index in [9.17, 15) is 19.5 Å². The standard InChI is InChI=1S/C21H25N4O6P.H2S/c1-15(31-32(29,23-9-10-23)24-11-12-24)16-7-8-19(25(27)28)20(14-16)30-18-6-4-5-17(13-18)21(26)22(2)3;/h4-8,13-15H,9-12H2,1-3H3;1H2/t15-;/m0./s1. The first-order chi connectivity index (χ1) is 15.2. The molecule has 0 aromatic heterocycles. The van der Waals surface area contributed by atoms with Gasteiger partial charge in [-0.05, 0) is 42.8 Å². The first-order valence-electron chi connectivity index (χ1n) is 10.3. The Bertz CT molecular complexity index is 1090. The molecule has 2 aliphatic heterocycles. The third kappa shape index (κ3) is 5.56. The molecule has 0 saturated carbocycles. The van der Waals surface area contributed by atoms with Gasteiger partial charge in [0.2, 0.25) is 5.75 Å². The lowest BCUT2D eigenvalue weighted by molar-refractivity contribution is -0.385. The molecule has 1 amide bonds. The maximum absolute atomic E-state index is 13.3. The number of hydrogen-bond acceptors (Lipinski definition) is 6. The molecule has 10 nitrogen and oxygen atoms in total. The highest BCUT2D eigenvalue weighted by Gasteiger charge is 2.50. The van der Waals surface area contributed by atoms with Crippen LogP contribution in [0.2, 0.25) is 0 Å². The van der Waals surface area contributed by atoms with E-state index >= 15 is 0 Å². The van der Waals surface area contributed by atoms with E-state index in [0.717, 1.165) is 26.2 Å². The second-order valence-corrected chi connectivity index (χ2v) is 10.3. The molecule has 0 N–H and O–H groups in total. The van der Waals surface area contributed by atoms with Crippen molar-refractivity contribution < 1.29 is 23.5 Å². The van der Waals surface area contributed by atoms with Gasteiger partial charge >= 0.3 is 13.4 Å². The molecule has 2 fully saturated rings. The number of nitro benzene ring substituents is 1. The molecule has 2 aromatic carbocycles. The number of rotatable bonds is 9. The summed E-state index contributed by atoms with van der Waals surface area (Å²) >= 11 is 0. The lowest BCUT2D eigenvalue weighted by atomic mass is 10.1. The van der Waals surface area contributed by atoms with Gasteiger partial charge in [0.1, 0.15) is 5.75 Å². The predicted octanol–water partition coefficient (Wildman–Crippen LogP) is 4.02. The maximum Gasteiger partial charge on any atom is 0.346 e. The molecule has 2 aromatic rings. The zero-order valence-electron chi connectivity index (χ0n) is 18.6. The van der Waals surface area contributed by atoms with Crippen LogP contribution in [-0.4, -0.2) is 65.3 Å². The summed E-state index contributed by atoms with van der Waals surface area (Å²) in [4.78, 5) is 24.7. The second kappa shape index (κ2) is 9.82. The summed E-state index contributed by atoms with van der Waals surface area (Å²) in [5.74, 6) is 0.109. The number of nitro groups is 1. The van der Waals surface area contributed by atoms with Crippen LogP contribution < -0.4 is 4.74 Å². The van der Waals surface area contributed by atoms with E-state index in [0.29, 0.717) is 16.9 Å². The van der Waals surface area contributed by atoms with E-state index in [1.54, 1.807) is 45.3 Å². The van der Waals surface area contributed by atoms with Gasteiger partial charge in [-0.2, -0.15) is 13.5 Å². The van der Waals surface area contributed by atoms with Gasteiger partial charge in [-0.3, -0.25) is 24.0 Å². The average molecular weight is 495 g/mol. The molecule has 0 aliphatic carbocycles. The molecular weight excluding hydrogens is 467 g/mol. The Morgan fingerprint density at radius 2 is 1.76 bits per heavy atom. The smallest absolute Gasteiger partial charge is 0.346 e. The Labute approximate surface area is 199 Å². The van der Waals surface area contributed by atoms with Crippen LogP contribution in [0.1, 0.15) is 28.9 Å². The first-order valence-corrected chi connectivity index (χ1v) is 11.8. The fourth-order valence-corrected chi connectivity index (χ4v) is 5.62. The number of ether oxygens (including phenoxy) is 1. The Hall–Kier alpha value is -2.43. The van der Waals surface area contributed by atoms with Crippen LogP contribution in [0.3, 0.4) is 0 Å². The Balaban J connectivity index is 0.00000306. The van der Waals surface area contributed by atoms with Crippen LogP contribution in [0, 0.1) is 10.1 Å². The molecule has 1 atom stereocenters. The molecule has 2 heterocycles. The monoisotopic (exact) mass is 494 g/mol. The van der Waals surface area contributed by atoms with Gasteiger partial charge in [0, 0.05) is 51.9 Å².